The second-order valence-corrected chi connectivity index (χ2v) is 5.41. The molecule has 1 N–H and O–H groups in total. The van der Waals surface area contributed by atoms with Gasteiger partial charge in [-0.25, -0.2) is 0 Å². The van der Waals surface area contributed by atoms with Crippen molar-refractivity contribution in [3.8, 4) is 0 Å². The fraction of sp³-hybridized carbons (Fsp3) is 0.833. The van der Waals surface area contributed by atoms with Gasteiger partial charge in [-0.2, -0.15) is 5.10 Å². The number of hydrogen-bond donors (Lipinski definition) is 1. The summed E-state index contributed by atoms with van der Waals surface area (Å²) < 4.78 is 2.91. The van der Waals surface area contributed by atoms with Crippen LogP contribution in [0.25, 0.3) is 0 Å². The van der Waals surface area contributed by atoms with Gasteiger partial charge in [0.05, 0.1) is 0 Å². The zero-order chi connectivity index (χ0) is 12.3. The molecule has 5 heteroatoms. The minimum atomic E-state index is 0.627. The quantitative estimate of drug-likeness (QED) is 0.819. The minimum absolute atomic E-state index is 0.627. The second kappa shape index (κ2) is 5.78. The average molecular weight is 254 g/mol. The molecule has 0 radical (unpaired) electrons. The predicted octanol–water partition coefficient (Wildman–Crippen LogP) is 2.23. The van der Waals surface area contributed by atoms with E-state index >= 15 is 0 Å². The van der Waals surface area contributed by atoms with Gasteiger partial charge in [0.15, 0.2) is 4.77 Å². The monoisotopic (exact) mass is 254 g/mol. The van der Waals surface area contributed by atoms with Gasteiger partial charge < -0.3 is 9.47 Å². The lowest BCUT2D eigenvalue weighted by atomic mass is 10.1. The van der Waals surface area contributed by atoms with Crippen LogP contribution in [0.15, 0.2) is 0 Å². The molecular weight excluding hydrogens is 232 g/mol. The molecule has 1 unspecified atom stereocenters. The molecule has 1 fully saturated rings. The normalized spacial score (nSPS) is 18.7. The first-order valence-electron chi connectivity index (χ1n) is 6.57. The van der Waals surface area contributed by atoms with Crippen molar-refractivity contribution in [3.05, 3.63) is 10.6 Å². The number of aryl methyl sites for hydroxylation is 1. The Labute approximate surface area is 108 Å². The maximum Gasteiger partial charge on any atom is 0.195 e. The Bertz CT molecular complexity index is 403. The minimum Gasteiger partial charge on any atom is -0.304 e. The number of H-pyrrole nitrogens is 1. The molecule has 1 saturated heterocycles. The van der Waals surface area contributed by atoms with E-state index in [4.69, 9.17) is 12.2 Å². The van der Waals surface area contributed by atoms with Crippen molar-refractivity contribution < 1.29 is 0 Å². The number of hydrogen-bond acceptors (Lipinski definition) is 3. The molecule has 0 aliphatic carbocycles. The Morgan fingerprint density at radius 2 is 2.06 bits per heavy atom. The van der Waals surface area contributed by atoms with E-state index in [1.807, 2.05) is 0 Å². The van der Waals surface area contributed by atoms with Crippen LogP contribution in [0.3, 0.4) is 0 Å². The molecule has 1 aliphatic rings. The summed E-state index contributed by atoms with van der Waals surface area (Å²) in [6, 6.07) is 0. The van der Waals surface area contributed by atoms with Gasteiger partial charge in [0.25, 0.3) is 0 Å². The van der Waals surface area contributed by atoms with Gasteiger partial charge in [0.2, 0.25) is 0 Å². The maximum atomic E-state index is 5.27. The highest BCUT2D eigenvalue weighted by atomic mass is 32.1. The van der Waals surface area contributed by atoms with Crippen LogP contribution in [0.2, 0.25) is 0 Å². The summed E-state index contributed by atoms with van der Waals surface area (Å²) in [5, 5.41) is 7.14. The molecule has 0 aromatic carbocycles. The van der Waals surface area contributed by atoms with Crippen LogP contribution in [0.4, 0.5) is 0 Å². The third-order valence-electron chi connectivity index (χ3n) is 3.42. The molecule has 0 spiro atoms. The van der Waals surface area contributed by atoms with Crippen molar-refractivity contribution in [3.63, 3.8) is 0 Å². The van der Waals surface area contributed by atoms with Crippen LogP contribution in [0, 0.1) is 10.7 Å². The lowest BCUT2D eigenvalue weighted by Gasteiger charge is -2.20. The van der Waals surface area contributed by atoms with Crippen molar-refractivity contribution in [1.29, 1.82) is 0 Å². The van der Waals surface area contributed by atoms with Gasteiger partial charge >= 0.3 is 0 Å². The lowest BCUT2D eigenvalue weighted by Crippen LogP contribution is -2.28. The van der Waals surface area contributed by atoms with Crippen molar-refractivity contribution in [2.45, 2.75) is 39.7 Å². The van der Waals surface area contributed by atoms with Crippen molar-refractivity contribution in [2.75, 3.05) is 19.6 Å². The van der Waals surface area contributed by atoms with Crippen LogP contribution in [0.5, 0.6) is 0 Å². The molecule has 1 aliphatic heterocycles. The van der Waals surface area contributed by atoms with Crippen molar-refractivity contribution >= 4 is 12.2 Å². The van der Waals surface area contributed by atoms with Crippen molar-refractivity contribution in [2.24, 2.45) is 5.92 Å². The highest BCUT2D eigenvalue weighted by molar-refractivity contribution is 7.71. The summed E-state index contributed by atoms with van der Waals surface area (Å²) in [5.41, 5.74) is 0. The Morgan fingerprint density at radius 1 is 1.35 bits per heavy atom. The van der Waals surface area contributed by atoms with Gasteiger partial charge in [-0.05, 0) is 44.1 Å². The fourth-order valence-electron chi connectivity index (χ4n) is 2.58. The van der Waals surface area contributed by atoms with Crippen LogP contribution in [0.1, 0.15) is 32.5 Å². The molecule has 0 bridgehead atoms. The molecule has 0 amide bonds. The first kappa shape index (κ1) is 12.8. The van der Waals surface area contributed by atoms with E-state index in [2.05, 4.69) is 33.5 Å². The zero-order valence-electron chi connectivity index (χ0n) is 10.8. The molecule has 1 atom stereocenters. The van der Waals surface area contributed by atoms with Crippen LogP contribution < -0.4 is 0 Å². The molecule has 4 nitrogen and oxygen atoms in total. The maximum absolute atomic E-state index is 5.27. The Morgan fingerprint density at radius 3 is 2.71 bits per heavy atom. The largest absolute Gasteiger partial charge is 0.304 e. The zero-order valence-corrected chi connectivity index (χ0v) is 11.6. The molecule has 17 heavy (non-hydrogen) atoms. The van der Waals surface area contributed by atoms with E-state index in [0.717, 1.165) is 23.6 Å². The van der Waals surface area contributed by atoms with E-state index in [1.54, 1.807) is 0 Å². The van der Waals surface area contributed by atoms with Crippen molar-refractivity contribution in [1.82, 2.24) is 19.7 Å². The number of nitrogens with one attached hydrogen (secondary N) is 1. The molecule has 0 saturated carbocycles. The highest BCUT2D eigenvalue weighted by Gasteiger charge is 2.16. The molecule has 96 valence electrons. The molecule has 2 heterocycles. The Hall–Kier alpha value is -0.680. The SMILES string of the molecule is CCc1n[nH]c(=S)n1CC(C)CN1CCCC1. The predicted molar refractivity (Wildman–Crippen MR) is 71.6 cm³/mol. The summed E-state index contributed by atoms with van der Waals surface area (Å²) >= 11 is 5.27. The van der Waals surface area contributed by atoms with Gasteiger partial charge in [0.1, 0.15) is 5.82 Å². The fourth-order valence-corrected chi connectivity index (χ4v) is 2.81. The molecule has 1 aromatic rings. The number of aromatic nitrogens is 3. The van der Waals surface area contributed by atoms with E-state index < -0.39 is 0 Å². The molecular formula is C12H22N4S. The second-order valence-electron chi connectivity index (χ2n) is 5.02. The number of likely N-dealkylation sites (tertiary alicyclic amines) is 1. The summed E-state index contributed by atoms with van der Waals surface area (Å²) in [6.45, 7) is 9.10. The average Bonchev–Trinajstić information content (AvgIpc) is 2.90. The smallest absolute Gasteiger partial charge is 0.195 e. The van der Waals surface area contributed by atoms with Crippen LogP contribution >= 0.6 is 12.2 Å². The third-order valence-corrected chi connectivity index (χ3v) is 3.73. The van der Waals surface area contributed by atoms with Crippen LogP contribution in [-0.4, -0.2) is 39.3 Å². The number of rotatable bonds is 5. The van der Waals surface area contributed by atoms with Gasteiger partial charge in [-0.15, -0.1) is 0 Å². The Balaban J connectivity index is 1.94. The van der Waals surface area contributed by atoms with E-state index in [-0.39, 0.29) is 0 Å². The van der Waals surface area contributed by atoms with E-state index in [9.17, 15) is 0 Å². The van der Waals surface area contributed by atoms with E-state index in [0.29, 0.717) is 5.92 Å². The highest BCUT2D eigenvalue weighted by Crippen LogP contribution is 2.12. The van der Waals surface area contributed by atoms with Gasteiger partial charge in [-0.1, -0.05) is 13.8 Å². The standard InChI is InChI=1S/C12H22N4S/c1-3-11-13-14-12(17)16(11)9-10(2)8-15-6-4-5-7-15/h10H,3-9H2,1-2H3,(H,14,17). The first-order chi connectivity index (χ1) is 8.20. The molecule has 2 rings (SSSR count). The number of aromatic amines is 1. The summed E-state index contributed by atoms with van der Waals surface area (Å²) in [5.74, 6) is 1.70. The molecule has 1 aromatic heterocycles. The summed E-state index contributed by atoms with van der Waals surface area (Å²) in [6.07, 6.45) is 3.65. The van der Waals surface area contributed by atoms with Gasteiger partial charge in [-0.3, -0.25) is 5.10 Å². The van der Waals surface area contributed by atoms with Gasteiger partial charge in [0, 0.05) is 19.5 Å². The Kier molecular flexibility index (Phi) is 4.34. The van der Waals surface area contributed by atoms with Crippen LogP contribution in [-0.2, 0) is 13.0 Å². The third kappa shape index (κ3) is 3.16. The number of nitrogens with zero attached hydrogens (tertiary/aromatic N) is 3. The summed E-state index contributed by atoms with van der Waals surface area (Å²) in [4.78, 5) is 2.56. The topological polar surface area (TPSA) is 36.9 Å². The summed E-state index contributed by atoms with van der Waals surface area (Å²) in [7, 11) is 0. The lowest BCUT2D eigenvalue weighted by molar-refractivity contribution is 0.270. The van der Waals surface area contributed by atoms with E-state index in [1.165, 1.54) is 32.5 Å². The first-order valence-corrected chi connectivity index (χ1v) is 6.98.